The Balaban J connectivity index is 1.58. The first-order valence-electron chi connectivity index (χ1n) is 10.4. The van der Waals surface area contributed by atoms with Crippen molar-refractivity contribution >= 4 is 11.8 Å². The molecule has 3 aromatic rings. The minimum Gasteiger partial charge on any atom is -0.350 e. The quantitative estimate of drug-likeness (QED) is 0.589. The smallest absolute Gasteiger partial charge is 0.251 e. The van der Waals surface area contributed by atoms with Crippen molar-refractivity contribution in [1.29, 1.82) is 0 Å². The molecule has 0 aliphatic carbocycles. The summed E-state index contributed by atoms with van der Waals surface area (Å²) in [5.41, 5.74) is 6.03. The third-order valence-corrected chi connectivity index (χ3v) is 4.95. The van der Waals surface area contributed by atoms with E-state index in [0.29, 0.717) is 12.1 Å². The van der Waals surface area contributed by atoms with Crippen LogP contribution in [0.3, 0.4) is 0 Å². The van der Waals surface area contributed by atoms with Crippen LogP contribution in [0.4, 0.5) is 0 Å². The summed E-state index contributed by atoms with van der Waals surface area (Å²) in [6, 6.07) is 23.8. The van der Waals surface area contributed by atoms with Crippen molar-refractivity contribution in [3.63, 3.8) is 0 Å². The summed E-state index contributed by atoms with van der Waals surface area (Å²) >= 11 is 0. The lowest BCUT2D eigenvalue weighted by atomic mass is 9.98. The van der Waals surface area contributed by atoms with Crippen molar-refractivity contribution in [2.75, 3.05) is 20.6 Å². The first-order chi connectivity index (χ1) is 14.9. The lowest BCUT2D eigenvalue weighted by molar-refractivity contribution is -0.120. The minimum atomic E-state index is -0.253. The van der Waals surface area contributed by atoms with Gasteiger partial charge in [0.25, 0.3) is 5.91 Å². The summed E-state index contributed by atoms with van der Waals surface area (Å²) in [6.07, 6.45) is 0. The molecule has 0 saturated carbocycles. The Bertz CT molecular complexity index is 1040. The molecular weight excluding hydrogens is 386 g/mol. The first-order valence-corrected chi connectivity index (χ1v) is 10.4. The summed E-state index contributed by atoms with van der Waals surface area (Å²) in [6.45, 7) is 3.16. The van der Waals surface area contributed by atoms with Crippen LogP contribution in [0, 0.1) is 6.92 Å². The molecule has 0 radical (unpaired) electrons. The largest absolute Gasteiger partial charge is 0.350 e. The Kier molecular flexibility index (Phi) is 7.57. The molecular formula is C26H29N3O2. The van der Waals surface area contributed by atoms with E-state index in [0.717, 1.165) is 28.8 Å². The van der Waals surface area contributed by atoms with Crippen LogP contribution in [-0.2, 0) is 17.9 Å². The van der Waals surface area contributed by atoms with Gasteiger partial charge in [-0.1, -0.05) is 66.2 Å². The highest BCUT2D eigenvalue weighted by molar-refractivity contribution is 5.96. The molecule has 0 atom stereocenters. The lowest BCUT2D eigenvalue weighted by Gasteiger charge is -2.13. The summed E-state index contributed by atoms with van der Waals surface area (Å²) in [5, 5.41) is 5.58. The normalized spacial score (nSPS) is 10.7. The summed E-state index contributed by atoms with van der Waals surface area (Å²) < 4.78 is 0. The van der Waals surface area contributed by atoms with E-state index in [1.807, 2.05) is 37.3 Å². The highest BCUT2D eigenvalue weighted by Gasteiger charge is 2.10. The molecule has 0 aliphatic heterocycles. The van der Waals surface area contributed by atoms with Crippen molar-refractivity contribution in [3.05, 3.63) is 95.1 Å². The molecule has 160 valence electrons. The first kappa shape index (κ1) is 22.2. The van der Waals surface area contributed by atoms with Gasteiger partial charge in [-0.15, -0.1) is 0 Å². The number of amides is 2. The van der Waals surface area contributed by atoms with E-state index in [9.17, 15) is 9.59 Å². The number of hydrogen-bond donors (Lipinski definition) is 2. The van der Waals surface area contributed by atoms with Crippen molar-refractivity contribution in [1.82, 2.24) is 15.5 Å². The fourth-order valence-corrected chi connectivity index (χ4v) is 3.42. The second-order valence-electron chi connectivity index (χ2n) is 7.92. The van der Waals surface area contributed by atoms with Crippen LogP contribution in [0.1, 0.15) is 27.0 Å². The van der Waals surface area contributed by atoms with E-state index in [1.165, 1.54) is 5.56 Å². The zero-order valence-electron chi connectivity index (χ0n) is 18.3. The average Bonchev–Trinajstić information content (AvgIpc) is 2.76. The highest BCUT2D eigenvalue weighted by Crippen LogP contribution is 2.24. The fourth-order valence-electron chi connectivity index (χ4n) is 3.42. The van der Waals surface area contributed by atoms with Crippen LogP contribution in [0.5, 0.6) is 0 Å². The van der Waals surface area contributed by atoms with E-state index in [-0.39, 0.29) is 18.4 Å². The molecule has 31 heavy (non-hydrogen) atoms. The maximum atomic E-state index is 12.3. The van der Waals surface area contributed by atoms with E-state index in [2.05, 4.69) is 60.0 Å². The van der Waals surface area contributed by atoms with Crippen molar-refractivity contribution in [3.8, 4) is 11.1 Å². The van der Waals surface area contributed by atoms with Gasteiger partial charge in [-0.25, -0.2) is 0 Å². The molecule has 5 nitrogen and oxygen atoms in total. The van der Waals surface area contributed by atoms with Gasteiger partial charge in [-0.3, -0.25) is 9.59 Å². The van der Waals surface area contributed by atoms with Crippen LogP contribution < -0.4 is 10.6 Å². The third kappa shape index (κ3) is 6.52. The number of carbonyl (C=O) groups excluding carboxylic acids is 2. The summed E-state index contributed by atoms with van der Waals surface area (Å²) in [4.78, 5) is 26.6. The standard InChI is InChI=1S/C26H29N3O2/c1-19-7-6-9-22(15-19)26(31)28-17-25(30)27-16-23-8-4-5-10-24(23)21-13-11-20(12-14-21)18-29(2)3/h4-15H,16-18H2,1-3H3,(H,27,30)(H,28,31). The highest BCUT2D eigenvalue weighted by atomic mass is 16.2. The molecule has 0 aliphatic rings. The van der Waals surface area contributed by atoms with Crippen molar-refractivity contribution in [2.24, 2.45) is 0 Å². The Morgan fingerprint density at radius 3 is 2.32 bits per heavy atom. The molecule has 0 aromatic heterocycles. The molecule has 0 fully saturated rings. The molecule has 0 heterocycles. The van der Waals surface area contributed by atoms with Crippen LogP contribution in [0.2, 0.25) is 0 Å². The molecule has 5 heteroatoms. The van der Waals surface area contributed by atoms with E-state index >= 15 is 0 Å². The number of rotatable bonds is 8. The molecule has 2 amide bonds. The average molecular weight is 416 g/mol. The SMILES string of the molecule is Cc1cccc(C(=O)NCC(=O)NCc2ccccc2-c2ccc(CN(C)C)cc2)c1. The third-order valence-electron chi connectivity index (χ3n) is 4.95. The van der Waals surface area contributed by atoms with Crippen LogP contribution in [0.15, 0.2) is 72.8 Å². The van der Waals surface area contributed by atoms with Gasteiger partial charge in [0.05, 0.1) is 6.54 Å². The van der Waals surface area contributed by atoms with E-state index < -0.39 is 0 Å². The number of hydrogen-bond acceptors (Lipinski definition) is 3. The Hall–Kier alpha value is -3.44. The molecule has 0 spiro atoms. The van der Waals surface area contributed by atoms with Gasteiger partial charge >= 0.3 is 0 Å². The number of carbonyl (C=O) groups is 2. The van der Waals surface area contributed by atoms with E-state index in [4.69, 9.17) is 0 Å². The van der Waals surface area contributed by atoms with Gasteiger partial charge in [-0.05, 0) is 55.4 Å². The molecule has 0 saturated heterocycles. The molecule has 0 bridgehead atoms. The Morgan fingerprint density at radius 2 is 1.61 bits per heavy atom. The zero-order chi connectivity index (χ0) is 22.2. The maximum absolute atomic E-state index is 12.3. The predicted molar refractivity (Wildman–Crippen MR) is 125 cm³/mol. The second-order valence-corrected chi connectivity index (χ2v) is 7.92. The van der Waals surface area contributed by atoms with Crippen LogP contribution in [-0.4, -0.2) is 37.4 Å². The Morgan fingerprint density at radius 1 is 0.871 bits per heavy atom. The zero-order valence-corrected chi connectivity index (χ0v) is 18.3. The van der Waals surface area contributed by atoms with Gasteiger partial charge in [0, 0.05) is 18.7 Å². The number of nitrogens with zero attached hydrogens (tertiary/aromatic N) is 1. The van der Waals surface area contributed by atoms with Crippen molar-refractivity contribution in [2.45, 2.75) is 20.0 Å². The maximum Gasteiger partial charge on any atom is 0.251 e. The van der Waals surface area contributed by atoms with Gasteiger partial charge in [0.15, 0.2) is 0 Å². The van der Waals surface area contributed by atoms with Crippen molar-refractivity contribution < 1.29 is 9.59 Å². The van der Waals surface area contributed by atoms with Gasteiger partial charge < -0.3 is 15.5 Å². The van der Waals surface area contributed by atoms with Gasteiger partial charge in [0.1, 0.15) is 0 Å². The molecule has 0 unspecified atom stereocenters. The molecule has 3 aromatic carbocycles. The second kappa shape index (κ2) is 10.5. The fraction of sp³-hybridized carbons (Fsp3) is 0.231. The molecule has 2 N–H and O–H groups in total. The lowest BCUT2D eigenvalue weighted by Crippen LogP contribution is -2.36. The minimum absolute atomic E-state index is 0.0613. The van der Waals surface area contributed by atoms with Gasteiger partial charge in [0.2, 0.25) is 5.91 Å². The monoisotopic (exact) mass is 415 g/mol. The summed E-state index contributed by atoms with van der Waals surface area (Å²) in [5.74, 6) is -0.478. The number of benzene rings is 3. The van der Waals surface area contributed by atoms with Crippen LogP contribution >= 0.6 is 0 Å². The summed E-state index contributed by atoms with van der Waals surface area (Å²) in [7, 11) is 4.10. The van der Waals surface area contributed by atoms with Crippen LogP contribution in [0.25, 0.3) is 11.1 Å². The predicted octanol–water partition coefficient (Wildman–Crippen LogP) is 3.77. The van der Waals surface area contributed by atoms with E-state index in [1.54, 1.807) is 12.1 Å². The Labute approximate surface area is 184 Å². The van der Waals surface area contributed by atoms with Gasteiger partial charge in [-0.2, -0.15) is 0 Å². The molecule has 3 rings (SSSR count). The number of aryl methyl sites for hydroxylation is 1. The number of nitrogens with one attached hydrogen (secondary N) is 2. The topological polar surface area (TPSA) is 61.4 Å².